The Labute approximate surface area is 118 Å². The molecule has 1 atom stereocenters. The first kappa shape index (κ1) is 14.1. The van der Waals surface area contributed by atoms with E-state index < -0.39 is 0 Å². The van der Waals surface area contributed by atoms with Gasteiger partial charge < -0.3 is 14.8 Å². The summed E-state index contributed by atoms with van der Waals surface area (Å²) < 4.78 is 10.6. The molecule has 19 heavy (non-hydrogen) atoms. The van der Waals surface area contributed by atoms with Gasteiger partial charge in [-0.2, -0.15) is 0 Å². The second kappa shape index (κ2) is 6.70. The summed E-state index contributed by atoms with van der Waals surface area (Å²) >= 11 is 1.79. The van der Waals surface area contributed by atoms with E-state index in [9.17, 15) is 0 Å². The van der Waals surface area contributed by atoms with E-state index in [1.807, 2.05) is 18.2 Å². The van der Waals surface area contributed by atoms with Crippen LogP contribution in [-0.2, 0) is 6.54 Å². The molecule has 1 aromatic rings. The highest BCUT2D eigenvalue weighted by Crippen LogP contribution is 2.25. The summed E-state index contributed by atoms with van der Waals surface area (Å²) in [5.41, 5.74) is 1.10. The summed E-state index contributed by atoms with van der Waals surface area (Å²) in [5, 5.41) is 4.39. The number of methoxy groups -OCH3 is 2. The van der Waals surface area contributed by atoms with Gasteiger partial charge in [0.15, 0.2) is 5.17 Å². The molecule has 0 saturated heterocycles. The molecule has 1 aliphatic rings. The number of amidine groups is 1. The van der Waals surface area contributed by atoms with Crippen molar-refractivity contribution in [1.29, 1.82) is 0 Å². The first-order valence-corrected chi connectivity index (χ1v) is 7.33. The summed E-state index contributed by atoms with van der Waals surface area (Å²) in [6.45, 7) is 3.85. The number of rotatable bonds is 4. The number of hydrogen-bond donors (Lipinski definition) is 1. The number of ether oxygens (including phenoxy) is 2. The molecule has 0 fully saturated rings. The van der Waals surface area contributed by atoms with Crippen molar-refractivity contribution in [2.75, 3.05) is 26.5 Å². The largest absolute Gasteiger partial charge is 0.497 e. The lowest BCUT2D eigenvalue weighted by molar-refractivity contribution is 0.390. The van der Waals surface area contributed by atoms with Gasteiger partial charge in [-0.3, -0.25) is 4.99 Å². The van der Waals surface area contributed by atoms with Crippen molar-refractivity contribution in [2.24, 2.45) is 10.9 Å². The first-order valence-electron chi connectivity index (χ1n) is 6.35. The van der Waals surface area contributed by atoms with E-state index in [0.29, 0.717) is 12.5 Å². The highest BCUT2D eigenvalue weighted by Gasteiger charge is 2.12. The normalized spacial score (nSPS) is 18.7. The van der Waals surface area contributed by atoms with Crippen LogP contribution >= 0.6 is 11.8 Å². The number of nitrogens with zero attached hydrogens (tertiary/aromatic N) is 1. The molecule has 1 N–H and O–H groups in total. The van der Waals surface area contributed by atoms with Gasteiger partial charge in [-0.25, -0.2) is 0 Å². The van der Waals surface area contributed by atoms with Gasteiger partial charge in [0, 0.05) is 30.5 Å². The third-order valence-corrected chi connectivity index (χ3v) is 4.26. The SMILES string of the molecule is COc1ccc(CNC2=NCC(C)CS2)c(OC)c1. The van der Waals surface area contributed by atoms with Gasteiger partial charge in [0.25, 0.3) is 0 Å². The maximum atomic E-state index is 5.38. The van der Waals surface area contributed by atoms with E-state index >= 15 is 0 Å². The van der Waals surface area contributed by atoms with Crippen LogP contribution in [0.25, 0.3) is 0 Å². The lowest BCUT2D eigenvalue weighted by Crippen LogP contribution is -2.25. The molecule has 104 valence electrons. The van der Waals surface area contributed by atoms with Crippen molar-refractivity contribution in [3.05, 3.63) is 23.8 Å². The van der Waals surface area contributed by atoms with Crippen LogP contribution in [0, 0.1) is 5.92 Å². The number of thioether (sulfide) groups is 1. The summed E-state index contributed by atoms with van der Waals surface area (Å²) in [4.78, 5) is 4.52. The Morgan fingerprint density at radius 3 is 2.84 bits per heavy atom. The fraction of sp³-hybridized carbons (Fsp3) is 0.500. The monoisotopic (exact) mass is 280 g/mol. The zero-order chi connectivity index (χ0) is 13.7. The Kier molecular flexibility index (Phi) is 4.96. The second-order valence-corrected chi connectivity index (χ2v) is 5.60. The maximum Gasteiger partial charge on any atom is 0.156 e. The summed E-state index contributed by atoms with van der Waals surface area (Å²) in [7, 11) is 3.33. The molecule has 0 bridgehead atoms. The topological polar surface area (TPSA) is 42.8 Å². The Hall–Kier alpha value is -1.36. The van der Waals surface area contributed by atoms with Gasteiger partial charge in [0.1, 0.15) is 11.5 Å². The molecule has 0 saturated carbocycles. The third-order valence-electron chi connectivity index (χ3n) is 2.98. The first-order chi connectivity index (χ1) is 9.22. The lowest BCUT2D eigenvalue weighted by atomic mass is 10.2. The minimum absolute atomic E-state index is 0.672. The molecule has 1 aromatic carbocycles. The molecular formula is C14H20N2O2S. The Morgan fingerprint density at radius 1 is 1.37 bits per heavy atom. The predicted molar refractivity (Wildman–Crippen MR) is 80.3 cm³/mol. The number of nitrogens with one attached hydrogen (secondary N) is 1. The Bertz CT molecular complexity index is 463. The average Bonchev–Trinajstić information content (AvgIpc) is 2.46. The molecule has 0 spiro atoms. The molecule has 0 amide bonds. The molecule has 1 heterocycles. The second-order valence-electron chi connectivity index (χ2n) is 4.59. The van der Waals surface area contributed by atoms with Crippen molar-refractivity contribution in [2.45, 2.75) is 13.5 Å². The van der Waals surface area contributed by atoms with E-state index in [-0.39, 0.29) is 0 Å². The number of hydrogen-bond acceptors (Lipinski definition) is 5. The van der Waals surface area contributed by atoms with Crippen LogP contribution < -0.4 is 14.8 Å². The van der Waals surface area contributed by atoms with E-state index in [0.717, 1.165) is 34.5 Å². The van der Waals surface area contributed by atoms with E-state index in [2.05, 4.69) is 17.2 Å². The molecule has 0 aromatic heterocycles. The Morgan fingerprint density at radius 2 is 2.21 bits per heavy atom. The number of benzene rings is 1. The predicted octanol–water partition coefficient (Wildman–Crippen LogP) is 2.53. The summed E-state index contributed by atoms with van der Waals surface area (Å²) in [5.74, 6) is 3.44. The van der Waals surface area contributed by atoms with Crippen LogP contribution in [0.3, 0.4) is 0 Å². The molecule has 5 heteroatoms. The fourth-order valence-electron chi connectivity index (χ4n) is 1.83. The lowest BCUT2D eigenvalue weighted by Gasteiger charge is -2.18. The summed E-state index contributed by atoms with van der Waals surface area (Å²) in [6.07, 6.45) is 0. The van der Waals surface area contributed by atoms with Crippen LogP contribution in [0.1, 0.15) is 12.5 Å². The summed E-state index contributed by atoms with van der Waals surface area (Å²) in [6, 6.07) is 5.85. The zero-order valence-electron chi connectivity index (χ0n) is 11.6. The van der Waals surface area contributed by atoms with Crippen LogP contribution in [0.15, 0.2) is 23.2 Å². The Balaban J connectivity index is 1.99. The zero-order valence-corrected chi connectivity index (χ0v) is 12.4. The van der Waals surface area contributed by atoms with Crippen molar-refractivity contribution < 1.29 is 9.47 Å². The van der Waals surface area contributed by atoms with Crippen LogP contribution in [-0.4, -0.2) is 31.7 Å². The quantitative estimate of drug-likeness (QED) is 0.920. The molecular weight excluding hydrogens is 260 g/mol. The smallest absolute Gasteiger partial charge is 0.156 e. The van der Waals surface area contributed by atoms with Gasteiger partial charge >= 0.3 is 0 Å². The van der Waals surface area contributed by atoms with Crippen LogP contribution in [0.5, 0.6) is 11.5 Å². The third kappa shape index (κ3) is 3.80. The highest BCUT2D eigenvalue weighted by atomic mass is 32.2. The van der Waals surface area contributed by atoms with Crippen molar-refractivity contribution in [1.82, 2.24) is 5.32 Å². The van der Waals surface area contributed by atoms with Crippen molar-refractivity contribution in [3.8, 4) is 11.5 Å². The maximum absolute atomic E-state index is 5.38. The minimum atomic E-state index is 0.672. The van der Waals surface area contributed by atoms with Crippen LogP contribution in [0.4, 0.5) is 0 Å². The fourth-order valence-corrected chi connectivity index (χ4v) is 2.72. The van der Waals surface area contributed by atoms with E-state index in [4.69, 9.17) is 9.47 Å². The van der Waals surface area contributed by atoms with Gasteiger partial charge in [-0.15, -0.1) is 0 Å². The molecule has 1 aliphatic heterocycles. The van der Waals surface area contributed by atoms with Gasteiger partial charge in [-0.05, 0) is 18.1 Å². The average molecular weight is 280 g/mol. The standard InChI is InChI=1S/C14H20N2O2S/c1-10-7-15-14(19-9-10)16-8-11-4-5-12(17-2)6-13(11)18-3/h4-6,10H,7-9H2,1-3H3,(H,15,16). The van der Waals surface area contributed by atoms with Gasteiger partial charge in [0.05, 0.1) is 14.2 Å². The van der Waals surface area contributed by atoms with Gasteiger partial charge in [-0.1, -0.05) is 18.7 Å². The molecule has 0 aliphatic carbocycles. The molecule has 1 unspecified atom stereocenters. The van der Waals surface area contributed by atoms with Crippen molar-refractivity contribution in [3.63, 3.8) is 0 Å². The van der Waals surface area contributed by atoms with Crippen LogP contribution in [0.2, 0.25) is 0 Å². The molecule has 4 nitrogen and oxygen atoms in total. The molecule has 2 rings (SSSR count). The number of aliphatic imine (C=N–C) groups is 1. The van der Waals surface area contributed by atoms with E-state index in [1.54, 1.807) is 26.0 Å². The van der Waals surface area contributed by atoms with Crippen molar-refractivity contribution >= 4 is 16.9 Å². The minimum Gasteiger partial charge on any atom is -0.497 e. The van der Waals surface area contributed by atoms with E-state index in [1.165, 1.54) is 0 Å². The molecule has 0 radical (unpaired) electrons. The van der Waals surface area contributed by atoms with Gasteiger partial charge in [0.2, 0.25) is 0 Å². The highest BCUT2D eigenvalue weighted by molar-refractivity contribution is 8.13.